The number of hydrogen-bond donors (Lipinski definition) is 3. The molecule has 2 heterocycles. The Bertz CT molecular complexity index is 1120. The Hall–Kier alpha value is -2.26. The molecule has 2 amide bonds. The Kier molecular flexibility index (Phi) is 9.06. The van der Waals surface area contributed by atoms with Gasteiger partial charge in [-0.05, 0) is 61.6 Å². The van der Waals surface area contributed by atoms with E-state index in [1.807, 2.05) is 26.0 Å². The van der Waals surface area contributed by atoms with Crippen LogP contribution in [0.1, 0.15) is 59.1 Å². The van der Waals surface area contributed by atoms with Gasteiger partial charge in [-0.25, -0.2) is 0 Å². The van der Waals surface area contributed by atoms with Crippen LogP contribution < -0.4 is 16.0 Å². The fourth-order valence-corrected chi connectivity index (χ4v) is 6.57. The molecule has 1 aromatic heterocycles. The number of amides is 2. The third kappa shape index (κ3) is 7.19. The molecule has 3 N–H and O–H groups in total. The lowest BCUT2D eigenvalue weighted by Crippen LogP contribution is -2.41. The fraction of sp³-hybridized carbons (Fsp3) is 0.586. The number of hydrogen-bond acceptors (Lipinski definition) is 6. The van der Waals surface area contributed by atoms with E-state index in [2.05, 4.69) is 47.7 Å². The van der Waals surface area contributed by atoms with E-state index in [0.717, 1.165) is 81.0 Å². The second-order valence-corrected chi connectivity index (χ2v) is 12.6. The molecule has 0 saturated carbocycles. The number of carbonyl (C=O) groups excluding carboxylic acids is 2. The molecule has 7 nitrogen and oxygen atoms in total. The first kappa shape index (κ1) is 27.8. The number of aryl methyl sites for hydroxylation is 2. The van der Waals surface area contributed by atoms with Gasteiger partial charge in [0.1, 0.15) is 5.00 Å². The highest BCUT2D eigenvalue weighted by atomic mass is 32.1. The van der Waals surface area contributed by atoms with E-state index in [4.69, 9.17) is 4.74 Å². The SMILES string of the molecule is Cc1ccc(NC(=O)c2c(NC(=O)CNCCN3CCOCC3)sc3c2CC[C@@H](C(C)(C)C)C3)c(C)c1. The van der Waals surface area contributed by atoms with Crippen LogP contribution in [-0.4, -0.2) is 62.7 Å². The smallest absolute Gasteiger partial charge is 0.258 e. The van der Waals surface area contributed by atoms with Gasteiger partial charge < -0.3 is 20.7 Å². The summed E-state index contributed by atoms with van der Waals surface area (Å²) in [6, 6.07) is 6.02. The molecule has 0 spiro atoms. The summed E-state index contributed by atoms with van der Waals surface area (Å²) in [6.45, 7) is 16.2. The molecule has 202 valence electrons. The van der Waals surface area contributed by atoms with E-state index in [1.54, 1.807) is 11.3 Å². The number of thiophene rings is 1. The summed E-state index contributed by atoms with van der Waals surface area (Å²) in [7, 11) is 0. The number of nitrogens with one attached hydrogen (secondary N) is 3. The molecule has 1 aromatic carbocycles. The van der Waals surface area contributed by atoms with Gasteiger partial charge >= 0.3 is 0 Å². The van der Waals surface area contributed by atoms with Gasteiger partial charge in [0, 0.05) is 36.7 Å². The Labute approximate surface area is 225 Å². The largest absolute Gasteiger partial charge is 0.379 e. The summed E-state index contributed by atoms with van der Waals surface area (Å²) < 4.78 is 5.39. The fourth-order valence-electron chi connectivity index (χ4n) is 5.23. The molecule has 1 aliphatic heterocycles. The lowest BCUT2D eigenvalue weighted by molar-refractivity contribution is -0.115. The first-order valence-corrected chi connectivity index (χ1v) is 14.3. The maximum absolute atomic E-state index is 13.6. The number of ether oxygens (including phenoxy) is 1. The Morgan fingerprint density at radius 2 is 1.89 bits per heavy atom. The number of morpholine rings is 1. The zero-order chi connectivity index (χ0) is 26.6. The average Bonchev–Trinajstić information content (AvgIpc) is 3.20. The van der Waals surface area contributed by atoms with E-state index < -0.39 is 0 Å². The van der Waals surface area contributed by atoms with Crippen molar-refractivity contribution in [3.8, 4) is 0 Å². The van der Waals surface area contributed by atoms with Crippen LogP contribution in [-0.2, 0) is 22.4 Å². The molecule has 1 fully saturated rings. The predicted molar refractivity (Wildman–Crippen MR) is 152 cm³/mol. The molecular weight excluding hydrogens is 484 g/mol. The van der Waals surface area contributed by atoms with E-state index in [0.29, 0.717) is 16.5 Å². The summed E-state index contributed by atoms with van der Waals surface area (Å²) in [6.07, 6.45) is 2.85. The topological polar surface area (TPSA) is 82.7 Å². The van der Waals surface area contributed by atoms with Gasteiger partial charge in [-0.3, -0.25) is 14.5 Å². The number of anilines is 2. The van der Waals surface area contributed by atoms with Crippen LogP contribution in [0.2, 0.25) is 0 Å². The summed E-state index contributed by atoms with van der Waals surface area (Å²) in [5.41, 5.74) is 4.93. The highest BCUT2D eigenvalue weighted by Gasteiger charge is 2.34. The maximum atomic E-state index is 13.6. The van der Waals surface area contributed by atoms with Crippen molar-refractivity contribution >= 4 is 33.8 Å². The second-order valence-electron chi connectivity index (χ2n) is 11.5. The summed E-state index contributed by atoms with van der Waals surface area (Å²) >= 11 is 1.57. The van der Waals surface area contributed by atoms with Crippen molar-refractivity contribution in [2.45, 2.75) is 53.9 Å². The molecule has 2 aliphatic rings. The molecule has 0 bridgehead atoms. The third-order valence-corrected chi connectivity index (χ3v) is 8.76. The van der Waals surface area contributed by atoms with Crippen molar-refractivity contribution < 1.29 is 14.3 Å². The van der Waals surface area contributed by atoms with Crippen LogP contribution >= 0.6 is 11.3 Å². The minimum absolute atomic E-state index is 0.117. The van der Waals surface area contributed by atoms with Gasteiger partial charge in [0.2, 0.25) is 5.91 Å². The number of nitrogens with zero attached hydrogens (tertiary/aromatic N) is 1. The van der Waals surface area contributed by atoms with Crippen molar-refractivity contribution in [2.75, 3.05) is 56.6 Å². The van der Waals surface area contributed by atoms with Gasteiger partial charge in [0.15, 0.2) is 0 Å². The minimum Gasteiger partial charge on any atom is -0.379 e. The van der Waals surface area contributed by atoms with Gasteiger partial charge in [-0.1, -0.05) is 38.5 Å². The number of rotatable bonds is 8. The van der Waals surface area contributed by atoms with Crippen molar-refractivity contribution in [3.05, 3.63) is 45.3 Å². The summed E-state index contributed by atoms with van der Waals surface area (Å²) in [4.78, 5) is 30.1. The highest BCUT2D eigenvalue weighted by Crippen LogP contribution is 2.44. The molecule has 1 saturated heterocycles. The van der Waals surface area contributed by atoms with Crippen LogP contribution in [0.25, 0.3) is 0 Å². The Morgan fingerprint density at radius 1 is 1.14 bits per heavy atom. The molecule has 0 radical (unpaired) electrons. The quantitative estimate of drug-likeness (QED) is 0.437. The Morgan fingerprint density at radius 3 is 2.59 bits per heavy atom. The van der Waals surface area contributed by atoms with Gasteiger partial charge in [0.25, 0.3) is 5.91 Å². The van der Waals surface area contributed by atoms with E-state index in [9.17, 15) is 9.59 Å². The van der Waals surface area contributed by atoms with Crippen molar-refractivity contribution in [1.82, 2.24) is 10.2 Å². The molecule has 4 rings (SSSR count). The molecule has 2 aromatic rings. The standard InChI is InChI=1S/C29H42N4O3S/c1-19-6-9-23(20(2)16-19)31-27(35)26-22-8-7-21(29(3,4)5)17-24(22)37-28(26)32-25(34)18-30-10-11-33-12-14-36-15-13-33/h6,9,16,21,30H,7-8,10-15,17-18H2,1-5H3,(H,31,35)(H,32,34)/t21-/m1/s1. The maximum Gasteiger partial charge on any atom is 0.258 e. The normalized spacial score (nSPS) is 18.4. The van der Waals surface area contributed by atoms with Crippen molar-refractivity contribution in [1.29, 1.82) is 0 Å². The van der Waals surface area contributed by atoms with Gasteiger partial charge in [-0.2, -0.15) is 0 Å². The predicted octanol–water partition coefficient (Wildman–Crippen LogP) is 4.63. The van der Waals surface area contributed by atoms with Crippen LogP contribution in [0.15, 0.2) is 18.2 Å². The number of benzene rings is 1. The second kappa shape index (κ2) is 12.1. The van der Waals surface area contributed by atoms with Gasteiger partial charge in [-0.15, -0.1) is 11.3 Å². The summed E-state index contributed by atoms with van der Waals surface area (Å²) in [5.74, 6) is 0.294. The first-order valence-electron chi connectivity index (χ1n) is 13.5. The number of fused-ring (bicyclic) bond motifs is 1. The molecular formula is C29H42N4O3S. The van der Waals surface area contributed by atoms with Crippen molar-refractivity contribution in [3.63, 3.8) is 0 Å². The zero-order valence-corrected chi connectivity index (χ0v) is 23.8. The third-order valence-electron chi connectivity index (χ3n) is 7.59. The molecule has 1 atom stereocenters. The monoisotopic (exact) mass is 526 g/mol. The summed E-state index contributed by atoms with van der Waals surface area (Å²) in [5, 5.41) is 10.1. The van der Waals surface area contributed by atoms with Crippen LogP contribution in [0.4, 0.5) is 10.7 Å². The Balaban J connectivity index is 1.47. The molecule has 8 heteroatoms. The lowest BCUT2D eigenvalue weighted by atomic mass is 9.72. The molecule has 0 unspecified atom stereocenters. The average molecular weight is 527 g/mol. The van der Waals surface area contributed by atoms with E-state index in [1.165, 1.54) is 4.88 Å². The lowest BCUT2D eigenvalue weighted by Gasteiger charge is -2.33. The molecule has 37 heavy (non-hydrogen) atoms. The number of carbonyl (C=O) groups is 2. The zero-order valence-electron chi connectivity index (χ0n) is 23.0. The minimum atomic E-state index is -0.144. The van der Waals surface area contributed by atoms with E-state index >= 15 is 0 Å². The van der Waals surface area contributed by atoms with Crippen LogP contribution in [0.5, 0.6) is 0 Å². The molecule has 1 aliphatic carbocycles. The van der Waals surface area contributed by atoms with Gasteiger partial charge in [0.05, 0.1) is 25.3 Å². The first-order chi connectivity index (χ1) is 17.6. The van der Waals surface area contributed by atoms with E-state index in [-0.39, 0.29) is 23.8 Å². The van der Waals surface area contributed by atoms with Crippen LogP contribution in [0, 0.1) is 25.2 Å². The highest BCUT2D eigenvalue weighted by molar-refractivity contribution is 7.17. The van der Waals surface area contributed by atoms with Crippen LogP contribution in [0.3, 0.4) is 0 Å². The van der Waals surface area contributed by atoms with Crippen molar-refractivity contribution in [2.24, 2.45) is 11.3 Å².